The van der Waals surface area contributed by atoms with Gasteiger partial charge in [0.1, 0.15) is 5.75 Å². The number of nitrogens with one attached hydrogen (secondary N) is 1. The van der Waals surface area contributed by atoms with Crippen LogP contribution in [0.3, 0.4) is 0 Å². The standard InChI is InChI=1S/C22H23N3O6S/c1-24-21(27)18-10-5-15(13-19(18)22(24)28)23-20(26)14-31-16-6-8-17(9-7-16)32(29,30)25-11-3-2-4-12-25/h5-10,13H,2-4,11-12,14H2,1H3,(H,23,26). The van der Waals surface area contributed by atoms with Crippen LogP contribution in [-0.4, -0.2) is 62.1 Å². The fourth-order valence-corrected chi connectivity index (χ4v) is 5.26. The number of nitrogens with zero attached hydrogens (tertiary/aromatic N) is 2. The number of carbonyl (C=O) groups excluding carboxylic acids is 3. The number of hydrogen-bond donors (Lipinski definition) is 1. The predicted molar refractivity (Wildman–Crippen MR) is 116 cm³/mol. The van der Waals surface area contributed by atoms with Crippen molar-refractivity contribution in [2.24, 2.45) is 0 Å². The maximum absolute atomic E-state index is 12.7. The van der Waals surface area contributed by atoms with Crippen LogP contribution in [0.1, 0.15) is 40.0 Å². The molecule has 0 aliphatic carbocycles. The predicted octanol–water partition coefficient (Wildman–Crippen LogP) is 2.10. The van der Waals surface area contributed by atoms with E-state index >= 15 is 0 Å². The van der Waals surface area contributed by atoms with E-state index in [1.165, 1.54) is 47.8 Å². The lowest BCUT2D eigenvalue weighted by atomic mass is 10.1. The summed E-state index contributed by atoms with van der Waals surface area (Å²) >= 11 is 0. The van der Waals surface area contributed by atoms with Crippen molar-refractivity contribution >= 4 is 33.4 Å². The molecule has 0 spiro atoms. The molecule has 32 heavy (non-hydrogen) atoms. The molecule has 0 radical (unpaired) electrons. The highest BCUT2D eigenvalue weighted by Crippen LogP contribution is 2.25. The Kier molecular flexibility index (Phi) is 5.98. The van der Waals surface area contributed by atoms with Gasteiger partial charge in [0.15, 0.2) is 6.61 Å². The average molecular weight is 458 g/mol. The summed E-state index contributed by atoms with van der Waals surface area (Å²) in [6, 6.07) is 10.5. The summed E-state index contributed by atoms with van der Waals surface area (Å²) in [5.41, 5.74) is 0.907. The van der Waals surface area contributed by atoms with Crippen molar-refractivity contribution in [1.82, 2.24) is 9.21 Å². The number of ether oxygens (including phenoxy) is 1. The highest BCUT2D eigenvalue weighted by atomic mass is 32.2. The first-order valence-corrected chi connectivity index (χ1v) is 11.7. The Balaban J connectivity index is 1.35. The monoisotopic (exact) mass is 457 g/mol. The lowest BCUT2D eigenvalue weighted by molar-refractivity contribution is -0.118. The second-order valence-electron chi connectivity index (χ2n) is 7.70. The smallest absolute Gasteiger partial charge is 0.262 e. The first-order chi connectivity index (χ1) is 15.3. The highest BCUT2D eigenvalue weighted by molar-refractivity contribution is 7.89. The molecule has 0 unspecified atom stereocenters. The number of piperidine rings is 1. The van der Waals surface area contributed by atoms with Crippen molar-refractivity contribution in [2.75, 3.05) is 32.1 Å². The molecule has 0 saturated carbocycles. The summed E-state index contributed by atoms with van der Waals surface area (Å²) in [5.74, 6) is -0.900. The lowest BCUT2D eigenvalue weighted by Gasteiger charge is -2.25. The number of carbonyl (C=O) groups is 3. The van der Waals surface area contributed by atoms with E-state index in [0.717, 1.165) is 24.2 Å². The molecule has 0 bridgehead atoms. The summed E-state index contributed by atoms with van der Waals surface area (Å²) in [4.78, 5) is 37.5. The van der Waals surface area contributed by atoms with E-state index in [2.05, 4.69) is 5.32 Å². The molecule has 1 fully saturated rings. The van der Waals surface area contributed by atoms with Crippen molar-refractivity contribution in [1.29, 1.82) is 0 Å². The van der Waals surface area contributed by atoms with Crippen molar-refractivity contribution in [3.63, 3.8) is 0 Å². The number of benzene rings is 2. The number of imide groups is 1. The number of amides is 3. The van der Waals surface area contributed by atoms with Crippen LogP contribution in [0, 0.1) is 0 Å². The molecule has 10 heteroatoms. The Hall–Kier alpha value is -3.24. The summed E-state index contributed by atoms with van der Waals surface area (Å²) < 4.78 is 32.3. The highest BCUT2D eigenvalue weighted by Gasteiger charge is 2.32. The van der Waals surface area contributed by atoms with Crippen molar-refractivity contribution in [3.05, 3.63) is 53.6 Å². The van der Waals surface area contributed by atoms with Gasteiger partial charge < -0.3 is 10.1 Å². The van der Waals surface area contributed by atoms with E-state index in [1.54, 1.807) is 6.07 Å². The fourth-order valence-electron chi connectivity index (χ4n) is 3.75. The van der Waals surface area contributed by atoms with Gasteiger partial charge in [-0.25, -0.2) is 8.42 Å². The van der Waals surface area contributed by atoms with Crippen molar-refractivity contribution in [3.8, 4) is 5.75 Å². The Morgan fingerprint density at radius 2 is 1.62 bits per heavy atom. The summed E-state index contributed by atoms with van der Waals surface area (Å²) in [5, 5.41) is 2.62. The minimum atomic E-state index is -3.52. The lowest BCUT2D eigenvalue weighted by Crippen LogP contribution is -2.35. The van der Waals surface area contributed by atoms with E-state index < -0.39 is 21.8 Å². The summed E-state index contributed by atoms with van der Waals surface area (Å²) in [6.07, 6.45) is 2.76. The van der Waals surface area contributed by atoms with Crippen LogP contribution >= 0.6 is 0 Å². The molecule has 2 aliphatic rings. The van der Waals surface area contributed by atoms with E-state index in [4.69, 9.17) is 4.74 Å². The molecule has 4 rings (SSSR count). The zero-order valence-electron chi connectivity index (χ0n) is 17.5. The molecule has 2 aromatic carbocycles. The second-order valence-corrected chi connectivity index (χ2v) is 9.64. The quantitative estimate of drug-likeness (QED) is 0.665. The number of hydrogen-bond acceptors (Lipinski definition) is 6. The first-order valence-electron chi connectivity index (χ1n) is 10.3. The van der Waals surface area contributed by atoms with Crippen LogP contribution in [0.25, 0.3) is 0 Å². The van der Waals surface area contributed by atoms with Crippen LogP contribution in [-0.2, 0) is 14.8 Å². The largest absolute Gasteiger partial charge is 0.484 e. The molecule has 0 aromatic heterocycles. The van der Waals surface area contributed by atoms with Gasteiger partial charge in [0.25, 0.3) is 17.7 Å². The van der Waals surface area contributed by atoms with Crippen LogP contribution in [0.2, 0.25) is 0 Å². The van der Waals surface area contributed by atoms with Gasteiger partial charge in [-0.3, -0.25) is 19.3 Å². The number of sulfonamides is 1. The van der Waals surface area contributed by atoms with Gasteiger partial charge >= 0.3 is 0 Å². The molecule has 3 amide bonds. The molecule has 168 valence electrons. The van der Waals surface area contributed by atoms with Gasteiger partial charge in [0, 0.05) is 25.8 Å². The van der Waals surface area contributed by atoms with Gasteiger partial charge in [-0.1, -0.05) is 6.42 Å². The van der Waals surface area contributed by atoms with Crippen LogP contribution in [0.5, 0.6) is 5.75 Å². The van der Waals surface area contributed by atoms with Crippen LogP contribution in [0.4, 0.5) is 5.69 Å². The molecule has 0 atom stereocenters. The minimum Gasteiger partial charge on any atom is -0.484 e. The molecule has 9 nitrogen and oxygen atoms in total. The molecule has 2 aliphatic heterocycles. The molecule has 2 aromatic rings. The fraction of sp³-hybridized carbons (Fsp3) is 0.318. The SMILES string of the molecule is CN1C(=O)c2ccc(NC(=O)COc3ccc(S(=O)(=O)N4CCCCC4)cc3)cc2C1=O. The van der Waals surface area contributed by atoms with Gasteiger partial charge in [-0.2, -0.15) is 4.31 Å². The Labute approximate surface area is 186 Å². The van der Waals surface area contributed by atoms with Crippen molar-refractivity contribution < 1.29 is 27.5 Å². The summed E-state index contributed by atoms with van der Waals surface area (Å²) in [6.45, 7) is 0.751. The van der Waals surface area contributed by atoms with Gasteiger partial charge in [0.2, 0.25) is 10.0 Å². The number of rotatable bonds is 6. The topological polar surface area (TPSA) is 113 Å². The third-order valence-corrected chi connectivity index (χ3v) is 7.43. The normalized spacial score (nSPS) is 16.7. The first kappa shape index (κ1) is 22.0. The Bertz CT molecular complexity index is 1170. The molecule has 2 heterocycles. The minimum absolute atomic E-state index is 0.193. The number of anilines is 1. The molecular formula is C22H23N3O6S. The average Bonchev–Trinajstić information content (AvgIpc) is 3.02. The maximum Gasteiger partial charge on any atom is 0.262 e. The second kappa shape index (κ2) is 8.71. The molecule has 1 N–H and O–H groups in total. The van der Waals surface area contributed by atoms with Crippen LogP contribution < -0.4 is 10.1 Å². The van der Waals surface area contributed by atoms with E-state index in [1.807, 2.05) is 0 Å². The number of fused-ring (bicyclic) bond motifs is 1. The van der Waals surface area contributed by atoms with Crippen LogP contribution in [0.15, 0.2) is 47.4 Å². The molecule has 1 saturated heterocycles. The maximum atomic E-state index is 12.7. The van der Waals surface area contributed by atoms with Gasteiger partial charge in [-0.05, 0) is 55.3 Å². The Morgan fingerprint density at radius 1 is 0.969 bits per heavy atom. The van der Waals surface area contributed by atoms with Gasteiger partial charge in [0.05, 0.1) is 16.0 Å². The van der Waals surface area contributed by atoms with Crippen molar-refractivity contribution in [2.45, 2.75) is 24.2 Å². The third-order valence-electron chi connectivity index (χ3n) is 5.52. The Morgan fingerprint density at radius 3 is 2.31 bits per heavy atom. The van der Waals surface area contributed by atoms with E-state index in [0.29, 0.717) is 30.1 Å². The van der Waals surface area contributed by atoms with E-state index in [-0.39, 0.29) is 23.0 Å². The summed E-state index contributed by atoms with van der Waals surface area (Å²) in [7, 11) is -2.12. The zero-order valence-corrected chi connectivity index (χ0v) is 18.4. The van der Waals surface area contributed by atoms with E-state index in [9.17, 15) is 22.8 Å². The molecular weight excluding hydrogens is 434 g/mol. The third kappa shape index (κ3) is 4.23. The zero-order chi connectivity index (χ0) is 22.9. The van der Waals surface area contributed by atoms with Gasteiger partial charge in [-0.15, -0.1) is 0 Å².